The number of unbranched alkanes of at least 4 members (excludes halogenated alkanes) is 7. The van der Waals surface area contributed by atoms with Gasteiger partial charge in [-0.25, -0.2) is 9.59 Å². The van der Waals surface area contributed by atoms with Crippen LogP contribution < -0.4 is 10.6 Å². The zero-order valence-corrected chi connectivity index (χ0v) is 12.7. The van der Waals surface area contributed by atoms with Crippen molar-refractivity contribution >= 4 is 12.2 Å². The van der Waals surface area contributed by atoms with Crippen molar-refractivity contribution < 1.29 is 19.1 Å². The van der Waals surface area contributed by atoms with Crippen LogP contribution in [0.25, 0.3) is 0 Å². The average Bonchev–Trinajstić information content (AvgIpc) is 2.47. The molecule has 0 bridgehead atoms. The fraction of sp³-hybridized carbons (Fsp3) is 0.857. The molecule has 0 aliphatic rings. The summed E-state index contributed by atoms with van der Waals surface area (Å²) in [5.74, 6) is 0. The molecule has 0 atom stereocenters. The van der Waals surface area contributed by atoms with Crippen LogP contribution in [-0.4, -0.2) is 39.5 Å². The van der Waals surface area contributed by atoms with Crippen LogP contribution in [-0.2, 0) is 9.47 Å². The number of ether oxygens (including phenoxy) is 2. The molecular formula is C14H28N2O4. The van der Waals surface area contributed by atoms with Gasteiger partial charge >= 0.3 is 12.2 Å². The van der Waals surface area contributed by atoms with Gasteiger partial charge in [-0.1, -0.05) is 38.5 Å². The van der Waals surface area contributed by atoms with Gasteiger partial charge < -0.3 is 20.1 Å². The van der Waals surface area contributed by atoms with Crippen LogP contribution in [0.4, 0.5) is 9.59 Å². The molecule has 2 N–H and O–H groups in total. The van der Waals surface area contributed by atoms with Crippen molar-refractivity contribution in [3.05, 3.63) is 0 Å². The van der Waals surface area contributed by atoms with Gasteiger partial charge in [0, 0.05) is 14.1 Å². The topological polar surface area (TPSA) is 76.7 Å². The first-order valence-corrected chi connectivity index (χ1v) is 7.39. The maximum absolute atomic E-state index is 10.8. The van der Waals surface area contributed by atoms with E-state index in [1.54, 1.807) is 14.1 Å². The van der Waals surface area contributed by atoms with E-state index < -0.39 is 0 Å². The van der Waals surface area contributed by atoms with Crippen LogP contribution >= 0.6 is 0 Å². The Balaban J connectivity index is 3.06. The van der Waals surface area contributed by atoms with Crippen molar-refractivity contribution in [3.63, 3.8) is 0 Å². The molecule has 0 saturated carbocycles. The van der Waals surface area contributed by atoms with Crippen LogP contribution in [0.3, 0.4) is 0 Å². The van der Waals surface area contributed by atoms with Crippen LogP contribution in [0.5, 0.6) is 0 Å². The lowest BCUT2D eigenvalue weighted by atomic mass is 10.1. The number of rotatable bonds is 11. The van der Waals surface area contributed by atoms with Gasteiger partial charge in [-0.3, -0.25) is 0 Å². The molecule has 0 radical (unpaired) electrons. The number of nitrogens with one attached hydrogen (secondary N) is 2. The second kappa shape index (κ2) is 14.0. The summed E-state index contributed by atoms with van der Waals surface area (Å²) < 4.78 is 9.79. The number of carbonyl (C=O) groups excluding carboxylic acids is 2. The predicted octanol–water partition coefficient (Wildman–Crippen LogP) is 2.82. The summed E-state index contributed by atoms with van der Waals surface area (Å²) in [6.45, 7) is 0.993. The number of amides is 2. The third kappa shape index (κ3) is 13.0. The van der Waals surface area contributed by atoms with Crippen LogP contribution in [0, 0.1) is 0 Å². The van der Waals surface area contributed by atoms with E-state index in [0.29, 0.717) is 13.2 Å². The standard InChI is InChI=1S/C14H28N2O4/c1-15-13(17)19-11-9-7-5-3-4-6-8-10-12-20-14(18)16-2/h3-12H2,1-2H3,(H,15,17)(H,16,18). The molecule has 0 fully saturated rings. The molecule has 0 heterocycles. The molecule has 118 valence electrons. The lowest BCUT2D eigenvalue weighted by Gasteiger charge is -2.05. The van der Waals surface area contributed by atoms with Gasteiger partial charge in [-0.15, -0.1) is 0 Å². The van der Waals surface area contributed by atoms with E-state index in [0.717, 1.165) is 25.7 Å². The minimum atomic E-state index is -0.357. The highest BCUT2D eigenvalue weighted by Crippen LogP contribution is 2.08. The Labute approximate surface area is 121 Å². The van der Waals surface area contributed by atoms with Gasteiger partial charge in [0.05, 0.1) is 13.2 Å². The maximum atomic E-state index is 10.8. The molecule has 0 saturated heterocycles. The molecule has 2 amide bonds. The van der Waals surface area contributed by atoms with Crippen LogP contribution in [0.15, 0.2) is 0 Å². The Bertz CT molecular complexity index is 234. The Morgan fingerprint density at radius 2 is 0.950 bits per heavy atom. The minimum absolute atomic E-state index is 0.357. The first kappa shape index (κ1) is 18.5. The van der Waals surface area contributed by atoms with Crippen molar-refractivity contribution in [2.45, 2.75) is 51.4 Å². The molecule has 6 nitrogen and oxygen atoms in total. The van der Waals surface area contributed by atoms with Crippen molar-refractivity contribution in [2.75, 3.05) is 27.3 Å². The van der Waals surface area contributed by atoms with Crippen molar-refractivity contribution in [3.8, 4) is 0 Å². The van der Waals surface area contributed by atoms with Crippen molar-refractivity contribution in [2.24, 2.45) is 0 Å². The van der Waals surface area contributed by atoms with Crippen LogP contribution in [0.1, 0.15) is 51.4 Å². The summed E-state index contributed by atoms with van der Waals surface area (Å²) in [4.78, 5) is 21.5. The highest BCUT2D eigenvalue weighted by atomic mass is 16.6. The Kier molecular flexibility index (Phi) is 12.9. The highest BCUT2D eigenvalue weighted by Gasteiger charge is 1.98. The largest absolute Gasteiger partial charge is 0.450 e. The van der Waals surface area contributed by atoms with Gasteiger partial charge in [0.2, 0.25) is 0 Å². The summed E-state index contributed by atoms with van der Waals surface area (Å²) in [6.07, 6.45) is 8.08. The predicted molar refractivity (Wildman–Crippen MR) is 77.8 cm³/mol. The summed E-state index contributed by atoms with van der Waals surface area (Å²) in [5, 5.41) is 4.83. The fourth-order valence-electron chi connectivity index (χ4n) is 1.74. The Morgan fingerprint density at radius 3 is 1.25 bits per heavy atom. The van der Waals surface area contributed by atoms with Crippen molar-refractivity contribution in [1.82, 2.24) is 10.6 Å². The fourth-order valence-corrected chi connectivity index (χ4v) is 1.74. The SMILES string of the molecule is CNC(=O)OCCCCCCCCCCOC(=O)NC. The Hall–Kier alpha value is -1.46. The van der Waals surface area contributed by atoms with E-state index in [1.165, 1.54) is 25.7 Å². The van der Waals surface area contributed by atoms with Gasteiger partial charge in [0.1, 0.15) is 0 Å². The van der Waals surface area contributed by atoms with E-state index in [-0.39, 0.29) is 12.2 Å². The summed E-state index contributed by atoms with van der Waals surface area (Å²) in [7, 11) is 3.12. The minimum Gasteiger partial charge on any atom is -0.450 e. The molecular weight excluding hydrogens is 260 g/mol. The lowest BCUT2D eigenvalue weighted by Crippen LogP contribution is -2.19. The van der Waals surface area contributed by atoms with Gasteiger partial charge in [0.25, 0.3) is 0 Å². The Morgan fingerprint density at radius 1 is 0.650 bits per heavy atom. The summed E-state index contributed by atoms with van der Waals surface area (Å²) >= 11 is 0. The molecule has 0 spiro atoms. The number of hydrogen-bond donors (Lipinski definition) is 2. The van der Waals surface area contributed by atoms with E-state index in [1.807, 2.05) is 0 Å². The molecule has 6 heteroatoms. The van der Waals surface area contributed by atoms with E-state index in [4.69, 9.17) is 9.47 Å². The smallest absolute Gasteiger partial charge is 0.406 e. The normalized spacial score (nSPS) is 9.90. The van der Waals surface area contributed by atoms with Gasteiger partial charge in [-0.2, -0.15) is 0 Å². The monoisotopic (exact) mass is 288 g/mol. The molecule has 0 aliphatic heterocycles. The number of hydrogen-bond acceptors (Lipinski definition) is 4. The zero-order valence-electron chi connectivity index (χ0n) is 12.7. The van der Waals surface area contributed by atoms with Crippen LogP contribution in [0.2, 0.25) is 0 Å². The zero-order chi connectivity index (χ0) is 15.1. The number of carbonyl (C=O) groups is 2. The van der Waals surface area contributed by atoms with Gasteiger partial charge in [-0.05, 0) is 12.8 Å². The number of alkyl carbamates (subject to hydrolysis) is 2. The first-order chi connectivity index (χ1) is 9.70. The average molecular weight is 288 g/mol. The second-order valence-electron chi connectivity index (χ2n) is 4.60. The maximum Gasteiger partial charge on any atom is 0.406 e. The third-order valence-electron chi connectivity index (χ3n) is 2.91. The molecule has 0 unspecified atom stereocenters. The van der Waals surface area contributed by atoms with E-state index >= 15 is 0 Å². The molecule has 20 heavy (non-hydrogen) atoms. The third-order valence-corrected chi connectivity index (χ3v) is 2.91. The first-order valence-electron chi connectivity index (χ1n) is 7.39. The highest BCUT2D eigenvalue weighted by molar-refractivity contribution is 5.66. The van der Waals surface area contributed by atoms with E-state index in [9.17, 15) is 9.59 Å². The quantitative estimate of drug-likeness (QED) is 0.573. The van der Waals surface area contributed by atoms with Gasteiger partial charge in [0.15, 0.2) is 0 Å². The molecule has 0 rings (SSSR count). The lowest BCUT2D eigenvalue weighted by molar-refractivity contribution is 0.145. The molecule has 0 aromatic heterocycles. The second-order valence-corrected chi connectivity index (χ2v) is 4.60. The molecule has 0 aliphatic carbocycles. The van der Waals surface area contributed by atoms with E-state index in [2.05, 4.69) is 10.6 Å². The molecule has 0 aromatic carbocycles. The molecule has 0 aromatic rings. The summed E-state index contributed by atoms with van der Waals surface area (Å²) in [5.41, 5.74) is 0. The summed E-state index contributed by atoms with van der Waals surface area (Å²) in [6, 6.07) is 0. The van der Waals surface area contributed by atoms with Crippen molar-refractivity contribution in [1.29, 1.82) is 0 Å².